The van der Waals surface area contributed by atoms with Crippen molar-refractivity contribution < 1.29 is 24.0 Å². The zero-order valence-corrected chi connectivity index (χ0v) is 15.5. The molecule has 1 aromatic carbocycles. The molecule has 0 radical (unpaired) electrons. The molecule has 1 saturated carbocycles. The number of nitrogens with zero attached hydrogens (tertiary/aromatic N) is 2. The average Bonchev–Trinajstić information content (AvgIpc) is 3.12. The zero-order valence-electron chi connectivity index (χ0n) is 15.5. The Balaban J connectivity index is 1.70. The summed E-state index contributed by atoms with van der Waals surface area (Å²) in [7, 11) is 0. The van der Waals surface area contributed by atoms with Crippen molar-refractivity contribution >= 4 is 29.4 Å². The molecule has 28 heavy (non-hydrogen) atoms. The number of nitro groups is 1. The van der Waals surface area contributed by atoms with Crippen molar-refractivity contribution in [3.63, 3.8) is 0 Å². The van der Waals surface area contributed by atoms with Gasteiger partial charge in [0.15, 0.2) is 0 Å². The number of nitro benzene ring substituents is 1. The van der Waals surface area contributed by atoms with Gasteiger partial charge >= 0.3 is 11.9 Å². The van der Waals surface area contributed by atoms with Crippen LogP contribution in [0.2, 0.25) is 0 Å². The maximum atomic E-state index is 12.5. The number of non-ortho nitro benzene ring substituents is 1. The van der Waals surface area contributed by atoms with Crippen molar-refractivity contribution in [2.24, 2.45) is 0 Å². The monoisotopic (exact) mass is 386 g/mol. The highest BCUT2D eigenvalue weighted by Crippen LogP contribution is 2.39. The molecule has 8 heteroatoms. The molecule has 1 aromatic rings. The lowest BCUT2D eigenvalue weighted by molar-refractivity contribution is -0.384. The quantitative estimate of drug-likeness (QED) is 0.258. The third kappa shape index (κ3) is 3.46. The molecule has 1 aliphatic carbocycles. The van der Waals surface area contributed by atoms with Crippen LogP contribution in [0.4, 0.5) is 11.4 Å². The molecule has 3 fully saturated rings. The van der Waals surface area contributed by atoms with E-state index in [1.807, 2.05) is 0 Å². The molecule has 0 bridgehead atoms. The Morgan fingerprint density at radius 2 is 1.64 bits per heavy atom. The SMILES string of the molecule is O=C1OC2(CCCC2)OC(=O)C1=Cc1cc([N+](=O)[O-])ccc1N1CCCCC1. The standard InChI is InChI=1S/C20H22N2O6/c23-18-16(19(24)28-20(27-18)8-2-3-9-20)13-14-12-15(22(25)26)6-7-17(14)21-10-4-1-5-11-21/h6-7,12-13H,1-5,8-11H2. The number of rotatable bonds is 3. The fourth-order valence-corrected chi connectivity index (χ4v) is 4.14. The number of hydrogen-bond acceptors (Lipinski definition) is 7. The third-order valence-electron chi connectivity index (χ3n) is 5.58. The second-order valence-electron chi connectivity index (χ2n) is 7.50. The Kier molecular flexibility index (Phi) is 4.78. The normalized spacial score (nSPS) is 21.4. The molecule has 0 amide bonds. The van der Waals surface area contributed by atoms with Crippen LogP contribution in [-0.2, 0) is 19.1 Å². The number of carbonyl (C=O) groups excluding carboxylic acids is 2. The molecule has 2 saturated heterocycles. The van der Waals surface area contributed by atoms with Gasteiger partial charge in [0.05, 0.1) is 4.92 Å². The molecule has 1 spiro atoms. The first-order valence-electron chi connectivity index (χ1n) is 9.69. The van der Waals surface area contributed by atoms with E-state index in [-0.39, 0.29) is 11.3 Å². The van der Waals surface area contributed by atoms with E-state index >= 15 is 0 Å². The highest BCUT2D eigenvalue weighted by atomic mass is 16.7. The smallest absolute Gasteiger partial charge is 0.348 e. The van der Waals surface area contributed by atoms with Crippen molar-refractivity contribution in [2.75, 3.05) is 18.0 Å². The molecule has 8 nitrogen and oxygen atoms in total. The minimum Gasteiger partial charge on any atom is -0.419 e. The zero-order chi connectivity index (χ0) is 19.7. The molecule has 148 valence electrons. The minimum absolute atomic E-state index is 0.0996. The minimum atomic E-state index is -1.14. The van der Waals surface area contributed by atoms with Gasteiger partial charge in [0.1, 0.15) is 5.57 Å². The van der Waals surface area contributed by atoms with Crippen LogP contribution in [0.5, 0.6) is 0 Å². The van der Waals surface area contributed by atoms with Crippen molar-refractivity contribution in [1.82, 2.24) is 0 Å². The Labute approximate surface area is 162 Å². The summed E-state index contributed by atoms with van der Waals surface area (Å²) in [5.41, 5.74) is 0.885. The third-order valence-corrected chi connectivity index (χ3v) is 5.58. The summed E-state index contributed by atoms with van der Waals surface area (Å²) in [6, 6.07) is 4.50. The largest absolute Gasteiger partial charge is 0.419 e. The van der Waals surface area contributed by atoms with Gasteiger partial charge in [-0.15, -0.1) is 0 Å². The second kappa shape index (κ2) is 7.26. The van der Waals surface area contributed by atoms with Crippen LogP contribution in [0, 0.1) is 10.1 Å². The number of hydrogen-bond donors (Lipinski definition) is 0. The van der Waals surface area contributed by atoms with E-state index in [2.05, 4.69) is 4.90 Å². The Hall–Kier alpha value is -2.90. The summed E-state index contributed by atoms with van der Waals surface area (Å²) in [5.74, 6) is -2.59. The van der Waals surface area contributed by atoms with Crippen LogP contribution in [0.15, 0.2) is 23.8 Å². The van der Waals surface area contributed by atoms with Gasteiger partial charge in [0.25, 0.3) is 11.5 Å². The van der Waals surface area contributed by atoms with Gasteiger partial charge in [-0.1, -0.05) is 0 Å². The van der Waals surface area contributed by atoms with Gasteiger partial charge in [0, 0.05) is 49.3 Å². The molecular formula is C20H22N2O6. The van der Waals surface area contributed by atoms with E-state index in [0.717, 1.165) is 50.9 Å². The van der Waals surface area contributed by atoms with E-state index in [1.165, 1.54) is 18.2 Å². The summed E-state index contributed by atoms with van der Waals surface area (Å²) >= 11 is 0. The first-order chi connectivity index (χ1) is 13.5. The number of anilines is 1. The highest BCUT2D eigenvalue weighted by Gasteiger charge is 2.48. The van der Waals surface area contributed by atoms with Crippen LogP contribution in [-0.4, -0.2) is 35.7 Å². The van der Waals surface area contributed by atoms with Crippen LogP contribution < -0.4 is 4.90 Å². The number of esters is 2. The van der Waals surface area contributed by atoms with Crippen molar-refractivity contribution in [1.29, 1.82) is 0 Å². The maximum Gasteiger partial charge on any atom is 0.348 e. The lowest BCUT2D eigenvalue weighted by atomic mass is 10.0. The van der Waals surface area contributed by atoms with Crippen molar-refractivity contribution in [3.8, 4) is 0 Å². The molecule has 0 N–H and O–H groups in total. The lowest BCUT2D eigenvalue weighted by Crippen LogP contribution is -2.44. The molecule has 2 aliphatic heterocycles. The first kappa shape index (κ1) is 18.5. The van der Waals surface area contributed by atoms with Crippen LogP contribution in [0.1, 0.15) is 50.5 Å². The average molecular weight is 386 g/mol. The Bertz CT molecular complexity index is 828. The fraction of sp³-hybridized carbons (Fsp3) is 0.500. The summed E-state index contributed by atoms with van der Waals surface area (Å²) in [6.07, 6.45) is 7.25. The summed E-state index contributed by atoms with van der Waals surface area (Å²) in [6.45, 7) is 1.65. The molecule has 3 aliphatic rings. The number of ether oxygens (including phenoxy) is 2. The summed E-state index contributed by atoms with van der Waals surface area (Å²) in [4.78, 5) is 37.9. The second-order valence-corrected chi connectivity index (χ2v) is 7.50. The van der Waals surface area contributed by atoms with Gasteiger partial charge in [-0.3, -0.25) is 10.1 Å². The highest BCUT2D eigenvalue weighted by molar-refractivity contribution is 6.19. The first-order valence-corrected chi connectivity index (χ1v) is 9.69. The van der Waals surface area contributed by atoms with Gasteiger partial charge in [-0.2, -0.15) is 0 Å². The van der Waals surface area contributed by atoms with Gasteiger partial charge in [-0.25, -0.2) is 9.59 Å². The molecule has 0 atom stereocenters. The van der Waals surface area contributed by atoms with Crippen molar-refractivity contribution in [3.05, 3.63) is 39.4 Å². The number of piperidine rings is 1. The maximum absolute atomic E-state index is 12.5. The van der Waals surface area contributed by atoms with Crippen LogP contribution in [0.25, 0.3) is 6.08 Å². The Morgan fingerprint density at radius 3 is 2.25 bits per heavy atom. The van der Waals surface area contributed by atoms with E-state index in [4.69, 9.17) is 9.47 Å². The van der Waals surface area contributed by atoms with E-state index in [9.17, 15) is 19.7 Å². The van der Waals surface area contributed by atoms with E-state index in [0.29, 0.717) is 18.4 Å². The predicted octanol–water partition coefficient (Wildman–Crippen LogP) is 3.34. The lowest BCUT2D eigenvalue weighted by Gasteiger charge is -2.33. The molecule has 0 aromatic heterocycles. The van der Waals surface area contributed by atoms with Crippen LogP contribution in [0.3, 0.4) is 0 Å². The Morgan fingerprint density at radius 1 is 1.00 bits per heavy atom. The van der Waals surface area contributed by atoms with Crippen molar-refractivity contribution in [2.45, 2.75) is 50.7 Å². The number of carbonyl (C=O) groups is 2. The van der Waals surface area contributed by atoms with Gasteiger partial charge in [-0.05, 0) is 44.2 Å². The number of benzene rings is 1. The topological polar surface area (TPSA) is 99.0 Å². The van der Waals surface area contributed by atoms with E-state index in [1.54, 1.807) is 6.07 Å². The molecular weight excluding hydrogens is 364 g/mol. The molecule has 0 unspecified atom stereocenters. The van der Waals surface area contributed by atoms with E-state index < -0.39 is 22.6 Å². The fourth-order valence-electron chi connectivity index (χ4n) is 4.14. The van der Waals surface area contributed by atoms with Gasteiger partial charge in [0.2, 0.25) is 0 Å². The van der Waals surface area contributed by atoms with Crippen LogP contribution >= 0.6 is 0 Å². The van der Waals surface area contributed by atoms with Gasteiger partial charge < -0.3 is 14.4 Å². The summed E-state index contributed by atoms with van der Waals surface area (Å²) in [5, 5.41) is 11.2. The predicted molar refractivity (Wildman–Crippen MR) is 101 cm³/mol. The molecule has 2 heterocycles. The summed E-state index contributed by atoms with van der Waals surface area (Å²) < 4.78 is 10.9. The molecule has 4 rings (SSSR count).